The number of Topliss-reactive ketones (excluding diaryl/α,β-unsaturated/α-hetero) is 1. The molecule has 0 N–H and O–H groups in total. The van der Waals surface area contributed by atoms with E-state index in [4.69, 9.17) is 0 Å². The summed E-state index contributed by atoms with van der Waals surface area (Å²) in [5.74, 6) is 0.176. The van der Waals surface area contributed by atoms with Crippen molar-refractivity contribution in [3.8, 4) is 0 Å². The standard InChI is InChI=1S/C10H18FOP/c1-2-3-4-8-7-9(12)5-6-10(8,11)13/h8H,2-7,13H2,1H3. The third-order valence-electron chi connectivity index (χ3n) is 2.85. The molecular weight excluding hydrogens is 186 g/mol. The van der Waals surface area contributed by atoms with E-state index in [-0.39, 0.29) is 11.7 Å². The van der Waals surface area contributed by atoms with Crippen LogP contribution in [0.15, 0.2) is 0 Å². The molecule has 1 aliphatic carbocycles. The highest BCUT2D eigenvalue weighted by Gasteiger charge is 2.39. The van der Waals surface area contributed by atoms with Gasteiger partial charge in [0.25, 0.3) is 0 Å². The van der Waals surface area contributed by atoms with Gasteiger partial charge in [0, 0.05) is 18.8 Å². The zero-order valence-electron chi connectivity index (χ0n) is 8.18. The lowest BCUT2D eigenvalue weighted by Gasteiger charge is -2.33. The normalized spacial score (nSPS) is 35.0. The minimum atomic E-state index is -1.18. The number of alkyl halides is 1. The first kappa shape index (κ1) is 11.1. The van der Waals surface area contributed by atoms with Crippen LogP contribution in [0.2, 0.25) is 0 Å². The van der Waals surface area contributed by atoms with Gasteiger partial charge in [-0.25, -0.2) is 4.39 Å². The fourth-order valence-corrected chi connectivity index (χ4v) is 2.30. The average Bonchev–Trinajstić information content (AvgIpc) is 2.07. The van der Waals surface area contributed by atoms with Crippen LogP contribution in [0.3, 0.4) is 0 Å². The molecule has 3 heteroatoms. The molecule has 0 amide bonds. The average molecular weight is 204 g/mol. The number of ketones is 1. The number of halogens is 1. The van der Waals surface area contributed by atoms with Crippen molar-refractivity contribution in [3.05, 3.63) is 0 Å². The van der Waals surface area contributed by atoms with E-state index in [1.807, 2.05) is 0 Å². The summed E-state index contributed by atoms with van der Waals surface area (Å²) < 4.78 is 13.8. The third kappa shape index (κ3) is 3.02. The molecule has 0 spiro atoms. The monoisotopic (exact) mass is 204 g/mol. The van der Waals surface area contributed by atoms with Gasteiger partial charge in [0.15, 0.2) is 0 Å². The summed E-state index contributed by atoms with van der Waals surface area (Å²) in [6, 6.07) is 0. The molecule has 3 atom stereocenters. The van der Waals surface area contributed by atoms with Crippen molar-refractivity contribution in [1.29, 1.82) is 0 Å². The Hall–Kier alpha value is 0.0300. The van der Waals surface area contributed by atoms with Crippen LogP contribution < -0.4 is 0 Å². The summed E-state index contributed by atoms with van der Waals surface area (Å²) in [6.07, 6.45) is 4.21. The Morgan fingerprint density at radius 1 is 1.69 bits per heavy atom. The van der Waals surface area contributed by atoms with E-state index in [2.05, 4.69) is 16.2 Å². The van der Waals surface area contributed by atoms with Gasteiger partial charge in [-0.1, -0.05) is 29.0 Å². The fourth-order valence-electron chi connectivity index (χ4n) is 1.87. The van der Waals surface area contributed by atoms with Gasteiger partial charge in [-0.3, -0.25) is 4.79 Å². The molecule has 1 aliphatic rings. The van der Waals surface area contributed by atoms with Crippen LogP contribution in [-0.2, 0) is 4.79 Å². The molecule has 0 aromatic carbocycles. The summed E-state index contributed by atoms with van der Waals surface area (Å²) in [7, 11) is 2.29. The lowest BCUT2D eigenvalue weighted by atomic mass is 9.83. The fraction of sp³-hybridized carbons (Fsp3) is 0.900. The topological polar surface area (TPSA) is 17.1 Å². The lowest BCUT2D eigenvalue weighted by Crippen LogP contribution is -2.33. The van der Waals surface area contributed by atoms with Crippen molar-refractivity contribution in [1.82, 2.24) is 0 Å². The van der Waals surface area contributed by atoms with Gasteiger partial charge in [0.2, 0.25) is 0 Å². The Morgan fingerprint density at radius 3 is 3.00 bits per heavy atom. The molecule has 0 saturated heterocycles. The van der Waals surface area contributed by atoms with Crippen molar-refractivity contribution < 1.29 is 9.18 Å². The Bertz CT molecular complexity index is 191. The van der Waals surface area contributed by atoms with Gasteiger partial charge in [-0.15, -0.1) is 0 Å². The molecule has 1 fully saturated rings. The summed E-state index contributed by atoms with van der Waals surface area (Å²) in [4.78, 5) is 11.1. The van der Waals surface area contributed by atoms with E-state index in [9.17, 15) is 9.18 Å². The highest BCUT2D eigenvalue weighted by molar-refractivity contribution is 7.18. The van der Waals surface area contributed by atoms with Crippen molar-refractivity contribution in [2.24, 2.45) is 5.92 Å². The van der Waals surface area contributed by atoms with Crippen LogP contribution in [0.4, 0.5) is 4.39 Å². The largest absolute Gasteiger partial charge is 0.300 e. The Morgan fingerprint density at radius 2 is 2.38 bits per heavy atom. The molecule has 0 aromatic rings. The lowest BCUT2D eigenvalue weighted by molar-refractivity contribution is -0.123. The first-order valence-electron chi connectivity index (χ1n) is 5.05. The first-order chi connectivity index (χ1) is 6.06. The number of carbonyl (C=O) groups excluding carboxylic acids is 1. The second-order valence-corrected chi connectivity index (χ2v) is 4.97. The molecule has 3 unspecified atom stereocenters. The third-order valence-corrected chi connectivity index (χ3v) is 3.61. The summed E-state index contributed by atoms with van der Waals surface area (Å²) >= 11 is 0. The van der Waals surface area contributed by atoms with Crippen LogP contribution in [0.5, 0.6) is 0 Å². The summed E-state index contributed by atoms with van der Waals surface area (Å²) in [5, 5.41) is -1.18. The SMILES string of the molecule is CCCCC1CC(=O)CCC1(F)P. The van der Waals surface area contributed by atoms with Gasteiger partial charge < -0.3 is 0 Å². The quantitative estimate of drug-likeness (QED) is 0.645. The molecular formula is C10H18FOP. The molecule has 13 heavy (non-hydrogen) atoms. The maximum Gasteiger partial charge on any atom is 0.133 e. The van der Waals surface area contributed by atoms with Gasteiger partial charge in [-0.2, -0.15) is 0 Å². The smallest absolute Gasteiger partial charge is 0.133 e. The number of hydrogen-bond acceptors (Lipinski definition) is 1. The number of unbranched alkanes of at least 4 members (excludes halogenated alkanes) is 1. The molecule has 1 rings (SSSR count). The van der Waals surface area contributed by atoms with E-state index < -0.39 is 5.41 Å². The van der Waals surface area contributed by atoms with Crippen LogP contribution in [0, 0.1) is 5.92 Å². The maximum absolute atomic E-state index is 13.8. The predicted molar refractivity (Wildman–Crippen MR) is 55.4 cm³/mol. The van der Waals surface area contributed by atoms with Crippen molar-refractivity contribution >= 4 is 15.0 Å². The summed E-state index contributed by atoms with van der Waals surface area (Å²) in [5.41, 5.74) is 0. The van der Waals surface area contributed by atoms with Crippen molar-refractivity contribution in [3.63, 3.8) is 0 Å². The minimum Gasteiger partial charge on any atom is -0.300 e. The molecule has 1 saturated carbocycles. The summed E-state index contributed by atoms with van der Waals surface area (Å²) in [6.45, 7) is 2.09. The van der Waals surface area contributed by atoms with Gasteiger partial charge in [-0.05, 0) is 12.8 Å². The van der Waals surface area contributed by atoms with Gasteiger partial charge >= 0.3 is 0 Å². The highest BCUT2D eigenvalue weighted by Crippen LogP contribution is 2.43. The first-order valence-corrected chi connectivity index (χ1v) is 5.63. The minimum absolute atomic E-state index is 0.0568. The Kier molecular flexibility index (Phi) is 3.85. The molecule has 76 valence electrons. The van der Waals surface area contributed by atoms with E-state index in [0.29, 0.717) is 19.3 Å². The van der Waals surface area contributed by atoms with Gasteiger partial charge in [0.1, 0.15) is 11.2 Å². The van der Waals surface area contributed by atoms with E-state index >= 15 is 0 Å². The van der Waals surface area contributed by atoms with Crippen LogP contribution in [-0.4, -0.2) is 11.2 Å². The van der Waals surface area contributed by atoms with E-state index in [1.165, 1.54) is 0 Å². The highest BCUT2D eigenvalue weighted by atomic mass is 31.0. The van der Waals surface area contributed by atoms with Crippen molar-refractivity contribution in [2.45, 2.75) is 50.9 Å². The maximum atomic E-state index is 13.8. The van der Waals surface area contributed by atoms with Crippen LogP contribution >= 0.6 is 9.24 Å². The molecule has 0 heterocycles. The Balaban J connectivity index is 2.50. The predicted octanol–water partition coefficient (Wildman–Crippen LogP) is 3.09. The van der Waals surface area contributed by atoms with E-state index in [1.54, 1.807) is 0 Å². The second kappa shape index (κ2) is 4.50. The second-order valence-electron chi connectivity index (χ2n) is 4.01. The number of hydrogen-bond donors (Lipinski definition) is 0. The zero-order chi connectivity index (χ0) is 9.90. The molecule has 0 radical (unpaired) electrons. The van der Waals surface area contributed by atoms with Crippen LogP contribution in [0.1, 0.15) is 45.4 Å². The van der Waals surface area contributed by atoms with E-state index in [0.717, 1.165) is 19.3 Å². The molecule has 0 aliphatic heterocycles. The number of rotatable bonds is 3. The van der Waals surface area contributed by atoms with Gasteiger partial charge in [0.05, 0.1) is 0 Å². The Labute approximate surface area is 81.7 Å². The number of carbonyl (C=O) groups is 1. The molecule has 1 nitrogen and oxygen atoms in total. The molecule has 0 aromatic heterocycles. The van der Waals surface area contributed by atoms with Crippen molar-refractivity contribution in [2.75, 3.05) is 0 Å². The zero-order valence-corrected chi connectivity index (χ0v) is 9.34. The molecule has 0 bridgehead atoms. The van der Waals surface area contributed by atoms with Crippen LogP contribution in [0.25, 0.3) is 0 Å².